The first-order chi connectivity index (χ1) is 21.3. The molecular formula is C40H60O6. The lowest BCUT2D eigenvalue weighted by Crippen LogP contribution is -2.59. The monoisotopic (exact) mass is 636 g/mol. The highest BCUT2D eigenvalue weighted by Crippen LogP contribution is 2.74. The molecule has 3 N–H and O–H groups in total. The Morgan fingerprint density at radius 1 is 0.630 bits per heavy atom. The van der Waals surface area contributed by atoms with Gasteiger partial charge in [0.05, 0.1) is 16.4 Å². The van der Waals surface area contributed by atoms with Gasteiger partial charge in [-0.15, -0.1) is 0 Å². The molecule has 12 atom stereocenters. The summed E-state index contributed by atoms with van der Waals surface area (Å²) >= 11 is 0. The molecule has 0 heterocycles. The van der Waals surface area contributed by atoms with Crippen LogP contribution in [0.4, 0.5) is 0 Å². The van der Waals surface area contributed by atoms with Crippen LogP contribution in [0.1, 0.15) is 150 Å². The normalized spacial score (nSPS) is 55.2. The number of ketones is 1. The number of fused-ring (bicyclic) bond motifs is 6. The van der Waals surface area contributed by atoms with E-state index in [4.69, 9.17) is 0 Å². The lowest BCUT2D eigenvalue weighted by Gasteiger charge is -2.63. The van der Waals surface area contributed by atoms with Crippen LogP contribution in [-0.4, -0.2) is 38.6 Å². The van der Waals surface area contributed by atoms with E-state index in [0.29, 0.717) is 17.6 Å². The van der Waals surface area contributed by atoms with Crippen LogP contribution in [0, 0.1) is 61.6 Å². The summed E-state index contributed by atoms with van der Waals surface area (Å²) in [5, 5.41) is 30.7. The quantitative estimate of drug-likeness (QED) is 0.262. The zero-order chi connectivity index (χ0) is 33.3. The Labute approximate surface area is 276 Å². The summed E-state index contributed by atoms with van der Waals surface area (Å²) < 4.78 is 0. The maximum absolute atomic E-state index is 12.6. The third kappa shape index (κ3) is 4.12. The largest absolute Gasteiger partial charge is 0.481 e. The summed E-state index contributed by atoms with van der Waals surface area (Å²) in [6, 6.07) is 0. The SMILES string of the molecule is C=C1CC23CCC4C(C)(C(=O)O)CCCC4(C)C2CCC1(O)C3.CC12CCC3C(CCC4C(C)(C(=O)O)CCCC34C)(CC1=O)C2. The number of Topliss-reactive ketones (excluding diaryl/α,β-unsaturated/α-hetero) is 1. The summed E-state index contributed by atoms with van der Waals surface area (Å²) in [7, 11) is 0. The van der Waals surface area contributed by atoms with E-state index in [0.717, 1.165) is 121 Å². The van der Waals surface area contributed by atoms with Crippen molar-refractivity contribution in [3.05, 3.63) is 12.2 Å². The molecule has 8 saturated carbocycles. The number of rotatable bonds is 2. The average Bonchev–Trinajstić information content (AvgIpc) is 3.26. The Morgan fingerprint density at radius 3 is 1.59 bits per heavy atom. The van der Waals surface area contributed by atoms with Gasteiger partial charge in [0.2, 0.25) is 0 Å². The molecule has 0 aliphatic heterocycles. The molecule has 12 unspecified atom stereocenters. The van der Waals surface area contributed by atoms with Gasteiger partial charge >= 0.3 is 11.9 Å². The number of aliphatic carboxylic acids is 2. The number of hydrogen-bond donors (Lipinski definition) is 3. The summed E-state index contributed by atoms with van der Waals surface area (Å²) in [5.74, 6) is 0.923. The van der Waals surface area contributed by atoms with Gasteiger partial charge in [0, 0.05) is 11.8 Å². The predicted octanol–water partition coefficient (Wildman–Crippen LogP) is 8.60. The number of carboxylic acids is 2. The Kier molecular flexibility index (Phi) is 7.10. The maximum atomic E-state index is 12.6. The van der Waals surface area contributed by atoms with Crippen molar-refractivity contribution in [1.82, 2.24) is 0 Å². The highest BCUT2D eigenvalue weighted by atomic mass is 16.4. The van der Waals surface area contributed by atoms with Crippen molar-refractivity contribution in [2.75, 3.05) is 0 Å². The maximum Gasteiger partial charge on any atom is 0.309 e. The molecule has 0 radical (unpaired) electrons. The van der Waals surface area contributed by atoms with Crippen molar-refractivity contribution in [1.29, 1.82) is 0 Å². The van der Waals surface area contributed by atoms with Crippen molar-refractivity contribution >= 4 is 17.7 Å². The minimum atomic E-state index is -0.634. The molecule has 6 heteroatoms. The van der Waals surface area contributed by atoms with Crippen LogP contribution in [0.15, 0.2) is 12.2 Å². The minimum absolute atomic E-state index is 0.0789. The molecule has 0 amide bonds. The van der Waals surface area contributed by atoms with Crippen molar-refractivity contribution in [2.45, 2.75) is 156 Å². The fourth-order valence-corrected chi connectivity index (χ4v) is 15.4. The molecule has 2 spiro atoms. The fraction of sp³-hybridized carbons (Fsp3) is 0.875. The summed E-state index contributed by atoms with van der Waals surface area (Å²) in [4.78, 5) is 36.7. The Balaban J connectivity index is 0.000000147. The van der Waals surface area contributed by atoms with Gasteiger partial charge in [0.25, 0.3) is 0 Å². The topological polar surface area (TPSA) is 112 Å². The van der Waals surface area contributed by atoms with Crippen molar-refractivity contribution < 1.29 is 29.7 Å². The van der Waals surface area contributed by atoms with E-state index in [1.165, 1.54) is 0 Å². The molecule has 0 aromatic rings. The highest BCUT2D eigenvalue weighted by Gasteiger charge is 2.69. The Hall–Kier alpha value is -1.69. The van der Waals surface area contributed by atoms with Crippen LogP contribution in [0.2, 0.25) is 0 Å². The van der Waals surface area contributed by atoms with Crippen LogP contribution >= 0.6 is 0 Å². The van der Waals surface area contributed by atoms with Crippen LogP contribution in [0.5, 0.6) is 0 Å². The van der Waals surface area contributed by atoms with Gasteiger partial charge in [-0.3, -0.25) is 14.4 Å². The second-order valence-electron chi connectivity index (χ2n) is 19.6. The lowest BCUT2D eigenvalue weighted by atomic mass is 9.40. The van der Waals surface area contributed by atoms with E-state index in [9.17, 15) is 29.7 Å². The number of carbonyl (C=O) groups excluding carboxylic acids is 1. The summed E-state index contributed by atoms with van der Waals surface area (Å²) in [6.07, 6.45) is 17.8. The smallest absolute Gasteiger partial charge is 0.309 e. The van der Waals surface area contributed by atoms with Gasteiger partial charge < -0.3 is 15.3 Å². The first-order valence-corrected chi connectivity index (χ1v) is 18.7. The first-order valence-electron chi connectivity index (χ1n) is 18.7. The van der Waals surface area contributed by atoms with Crippen LogP contribution < -0.4 is 0 Å². The number of aliphatic hydroxyl groups is 1. The molecule has 8 aliphatic rings. The molecule has 256 valence electrons. The Bertz CT molecular complexity index is 1270. The van der Waals surface area contributed by atoms with Gasteiger partial charge in [-0.1, -0.05) is 40.2 Å². The molecule has 46 heavy (non-hydrogen) atoms. The van der Waals surface area contributed by atoms with E-state index in [1.54, 1.807) is 0 Å². The minimum Gasteiger partial charge on any atom is -0.481 e. The van der Waals surface area contributed by atoms with Gasteiger partial charge in [0.15, 0.2) is 0 Å². The third-order valence-electron chi connectivity index (χ3n) is 17.5. The molecule has 4 bridgehead atoms. The van der Waals surface area contributed by atoms with Crippen molar-refractivity contribution in [3.8, 4) is 0 Å². The van der Waals surface area contributed by atoms with Gasteiger partial charge in [-0.25, -0.2) is 0 Å². The second kappa shape index (κ2) is 9.94. The van der Waals surface area contributed by atoms with E-state index in [1.807, 2.05) is 13.8 Å². The van der Waals surface area contributed by atoms with Gasteiger partial charge in [-0.2, -0.15) is 0 Å². The third-order valence-corrected chi connectivity index (χ3v) is 17.5. The average molecular weight is 637 g/mol. The number of carbonyl (C=O) groups is 3. The lowest BCUT2D eigenvalue weighted by molar-refractivity contribution is -0.186. The molecular weight excluding hydrogens is 576 g/mol. The fourth-order valence-electron chi connectivity index (χ4n) is 15.4. The summed E-state index contributed by atoms with van der Waals surface area (Å²) in [6.45, 7) is 15.1. The van der Waals surface area contributed by atoms with Crippen molar-refractivity contribution in [2.24, 2.45) is 61.6 Å². The standard InChI is InChI=1S/2C20H30O3/c1-17-9-5-14-18(2)7-4-8-19(3,16(22)23)13(18)6-10-20(14,12-17)11-15(17)21;1-13-11-19-9-5-14-17(2,7-4-8-18(14,3)16(21)22)15(19)6-10-20(13,23)12-19/h13-14H,4-12H2,1-3H3,(H,22,23);14-15,23H,1,4-12H2,2-3H3,(H,21,22). The van der Waals surface area contributed by atoms with Crippen LogP contribution in [0.3, 0.4) is 0 Å². The zero-order valence-corrected chi connectivity index (χ0v) is 29.3. The molecule has 8 aliphatic carbocycles. The van der Waals surface area contributed by atoms with E-state index in [-0.39, 0.29) is 38.9 Å². The number of carboxylic acid groups (broad SMARTS) is 2. The van der Waals surface area contributed by atoms with E-state index >= 15 is 0 Å². The van der Waals surface area contributed by atoms with Crippen molar-refractivity contribution in [3.63, 3.8) is 0 Å². The highest BCUT2D eigenvalue weighted by molar-refractivity contribution is 5.88. The second-order valence-corrected chi connectivity index (χ2v) is 19.6. The molecule has 0 aromatic carbocycles. The van der Waals surface area contributed by atoms with Gasteiger partial charge in [0.1, 0.15) is 5.78 Å². The molecule has 8 rings (SSSR count). The van der Waals surface area contributed by atoms with Crippen LogP contribution in [0.25, 0.3) is 0 Å². The first kappa shape index (κ1) is 32.8. The Morgan fingerprint density at radius 2 is 1.09 bits per heavy atom. The van der Waals surface area contributed by atoms with E-state index in [2.05, 4.69) is 27.4 Å². The summed E-state index contributed by atoms with van der Waals surface area (Å²) in [5.41, 5.74) is -0.229. The predicted molar refractivity (Wildman–Crippen MR) is 177 cm³/mol. The molecule has 0 saturated heterocycles. The number of hydrogen-bond acceptors (Lipinski definition) is 4. The van der Waals surface area contributed by atoms with Crippen LogP contribution in [-0.2, 0) is 14.4 Å². The molecule has 8 fully saturated rings. The van der Waals surface area contributed by atoms with Gasteiger partial charge in [-0.05, 0) is 161 Å². The molecule has 0 aromatic heterocycles. The zero-order valence-electron chi connectivity index (χ0n) is 29.3. The molecule has 6 nitrogen and oxygen atoms in total. The van der Waals surface area contributed by atoms with E-state index < -0.39 is 28.4 Å².